The number of benzene rings is 1. The highest BCUT2D eigenvalue weighted by Gasteiger charge is 2.16. The van der Waals surface area contributed by atoms with Gasteiger partial charge in [0.25, 0.3) is 0 Å². The molecule has 1 aliphatic rings. The number of aromatic nitrogens is 1. The van der Waals surface area contributed by atoms with Crippen molar-refractivity contribution in [2.45, 2.75) is 12.5 Å². The molecule has 3 nitrogen and oxygen atoms in total. The highest BCUT2D eigenvalue weighted by molar-refractivity contribution is 5.41. The van der Waals surface area contributed by atoms with Gasteiger partial charge in [0.2, 0.25) is 0 Å². The molecule has 0 amide bonds. The lowest BCUT2D eigenvalue weighted by Gasteiger charge is -2.10. The van der Waals surface area contributed by atoms with Crippen LogP contribution in [0.5, 0.6) is 5.75 Å². The van der Waals surface area contributed by atoms with Crippen molar-refractivity contribution in [3.8, 4) is 5.75 Å². The van der Waals surface area contributed by atoms with E-state index in [9.17, 15) is 5.11 Å². The van der Waals surface area contributed by atoms with Crippen LogP contribution >= 0.6 is 0 Å². The molecular weight excluding hydrogens is 202 g/mol. The van der Waals surface area contributed by atoms with Gasteiger partial charge >= 0.3 is 0 Å². The molecule has 2 aromatic rings. The minimum Gasteiger partial charge on any atom is -0.493 e. The summed E-state index contributed by atoms with van der Waals surface area (Å²) in [5.74, 6) is 0.947. The molecule has 0 saturated heterocycles. The molecule has 1 unspecified atom stereocenters. The van der Waals surface area contributed by atoms with Crippen molar-refractivity contribution in [1.82, 2.24) is 4.98 Å². The Labute approximate surface area is 93.7 Å². The van der Waals surface area contributed by atoms with Gasteiger partial charge in [0.15, 0.2) is 0 Å². The van der Waals surface area contributed by atoms with Crippen LogP contribution in [0.4, 0.5) is 0 Å². The lowest BCUT2D eigenvalue weighted by atomic mass is 10.0. The maximum atomic E-state index is 10.1. The molecule has 0 aliphatic carbocycles. The number of aliphatic hydroxyl groups excluding tert-OH is 1. The molecular formula is C13H13NO2. The van der Waals surface area contributed by atoms with E-state index in [4.69, 9.17) is 4.74 Å². The number of aromatic amines is 1. The Kier molecular flexibility index (Phi) is 2.18. The summed E-state index contributed by atoms with van der Waals surface area (Å²) >= 11 is 0. The Morgan fingerprint density at radius 1 is 1.31 bits per heavy atom. The first-order valence-corrected chi connectivity index (χ1v) is 5.41. The first-order valence-electron chi connectivity index (χ1n) is 5.41. The highest BCUT2D eigenvalue weighted by atomic mass is 16.5. The molecule has 3 rings (SSSR count). The number of H-pyrrole nitrogens is 1. The normalized spacial score (nSPS) is 15.6. The molecule has 0 spiro atoms. The summed E-state index contributed by atoms with van der Waals surface area (Å²) in [6.45, 7) is 0.747. The number of hydrogen-bond acceptors (Lipinski definition) is 2. The van der Waals surface area contributed by atoms with Crippen molar-refractivity contribution >= 4 is 0 Å². The molecule has 0 radical (unpaired) electrons. The smallest absolute Gasteiger partial charge is 0.122 e. The second-order valence-corrected chi connectivity index (χ2v) is 3.99. The van der Waals surface area contributed by atoms with Gasteiger partial charge in [0.05, 0.1) is 6.61 Å². The molecule has 0 bridgehead atoms. The predicted molar refractivity (Wildman–Crippen MR) is 60.5 cm³/mol. The molecule has 16 heavy (non-hydrogen) atoms. The van der Waals surface area contributed by atoms with Crippen LogP contribution < -0.4 is 4.74 Å². The van der Waals surface area contributed by atoms with Crippen LogP contribution in [0, 0.1) is 0 Å². The summed E-state index contributed by atoms with van der Waals surface area (Å²) in [5, 5.41) is 10.1. The molecule has 82 valence electrons. The zero-order chi connectivity index (χ0) is 11.0. The van der Waals surface area contributed by atoms with Gasteiger partial charge in [0, 0.05) is 18.3 Å². The van der Waals surface area contributed by atoms with Crippen LogP contribution in [0.1, 0.15) is 22.9 Å². The van der Waals surface area contributed by atoms with Gasteiger partial charge < -0.3 is 14.8 Å². The van der Waals surface area contributed by atoms with E-state index in [0.29, 0.717) is 0 Å². The van der Waals surface area contributed by atoms with Gasteiger partial charge in [0.1, 0.15) is 11.9 Å². The van der Waals surface area contributed by atoms with E-state index >= 15 is 0 Å². The first-order chi connectivity index (χ1) is 7.84. The fourth-order valence-corrected chi connectivity index (χ4v) is 2.07. The Bertz CT molecular complexity index is 491. The Balaban J connectivity index is 1.95. The maximum absolute atomic E-state index is 10.1. The number of rotatable bonds is 2. The quantitative estimate of drug-likeness (QED) is 0.805. The number of nitrogens with one attached hydrogen (secondary N) is 1. The van der Waals surface area contributed by atoms with Crippen molar-refractivity contribution in [1.29, 1.82) is 0 Å². The standard InChI is InChI=1S/C13H13NO2/c15-13(11-2-1-6-14-11)10-3-4-12-9(8-10)5-7-16-12/h1-4,6,8,13-15H,5,7H2. The van der Waals surface area contributed by atoms with Crippen LogP contribution in [-0.2, 0) is 6.42 Å². The van der Waals surface area contributed by atoms with E-state index in [2.05, 4.69) is 4.98 Å². The SMILES string of the molecule is OC(c1ccc2c(c1)CCO2)c1ccc[nH]1. The third kappa shape index (κ3) is 1.49. The molecule has 1 aromatic carbocycles. The van der Waals surface area contributed by atoms with Crippen molar-refractivity contribution < 1.29 is 9.84 Å². The van der Waals surface area contributed by atoms with Crippen LogP contribution in [0.3, 0.4) is 0 Å². The monoisotopic (exact) mass is 215 g/mol. The largest absolute Gasteiger partial charge is 0.493 e. The molecule has 2 N–H and O–H groups in total. The summed E-state index contributed by atoms with van der Waals surface area (Å²) in [5.41, 5.74) is 2.91. The maximum Gasteiger partial charge on any atom is 0.122 e. The average Bonchev–Trinajstić information content (AvgIpc) is 2.98. The van der Waals surface area contributed by atoms with Crippen LogP contribution in [0.2, 0.25) is 0 Å². The molecule has 1 atom stereocenters. The van der Waals surface area contributed by atoms with E-state index in [-0.39, 0.29) is 0 Å². The van der Waals surface area contributed by atoms with E-state index in [1.807, 2.05) is 36.5 Å². The Morgan fingerprint density at radius 3 is 3.06 bits per heavy atom. The van der Waals surface area contributed by atoms with Gasteiger partial charge in [-0.25, -0.2) is 0 Å². The number of ether oxygens (including phenoxy) is 1. The van der Waals surface area contributed by atoms with Crippen molar-refractivity contribution in [2.24, 2.45) is 0 Å². The van der Waals surface area contributed by atoms with Crippen LogP contribution in [0.25, 0.3) is 0 Å². The van der Waals surface area contributed by atoms with Crippen molar-refractivity contribution in [3.05, 3.63) is 53.3 Å². The molecule has 2 heterocycles. The molecule has 1 aliphatic heterocycles. The van der Waals surface area contributed by atoms with E-state index in [1.165, 1.54) is 5.56 Å². The zero-order valence-corrected chi connectivity index (χ0v) is 8.81. The van der Waals surface area contributed by atoms with Gasteiger partial charge in [-0.2, -0.15) is 0 Å². The number of fused-ring (bicyclic) bond motifs is 1. The summed E-state index contributed by atoms with van der Waals surface area (Å²) < 4.78 is 5.43. The summed E-state index contributed by atoms with van der Waals surface area (Å²) in [6, 6.07) is 9.64. The summed E-state index contributed by atoms with van der Waals surface area (Å²) in [6.07, 6.45) is 2.16. The zero-order valence-electron chi connectivity index (χ0n) is 8.81. The second-order valence-electron chi connectivity index (χ2n) is 3.99. The number of aliphatic hydroxyl groups is 1. The lowest BCUT2D eigenvalue weighted by Crippen LogP contribution is -2.00. The molecule has 1 aromatic heterocycles. The van der Waals surface area contributed by atoms with E-state index in [0.717, 1.165) is 30.0 Å². The minimum absolute atomic E-state index is 0.583. The lowest BCUT2D eigenvalue weighted by molar-refractivity contribution is 0.216. The molecule has 3 heteroatoms. The third-order valence-corrected chi connectivity index (χ3v) is 2.95. The second kappa shape index (κ2) is 3.68. The Morgan fingerprint density at radius 2 is 2.25 bits per heavy atom. The van der Waals surface area contributed by atoms with Gasteiger partial charge in [-0.3, -0.25) is 0 Å². The van der Waals surface area contributed by atoms with Crippen molar-refractivity contribution in [3.63, 3.8) is 0 Å². The topological polar surface area (TPSA) is 45.2 Å². The van der Waals surface area contributed by atoms with Gasteiger partial charge in [-0.15, -0.1) is 0 Å². The van der Waals surface area contributed by atoms with Crippen molar-refractivity contribution in [2.75, 3.05) is 6.61 Å². The predicted octanol–water partition coefficient (Wildman–Crippen LogP) is 2.03. The highest BCUT2D eigenvalue weighted by Crippen LogP contribution is 2.29. The minimum atomic E-state index is -0.583. The molecule has 0 saturated carbocycles. The number of hydrogen-bond donors (Lipinski definition) is 2. The fourth-order valence-electron chi connectivity index (χ4n) is 2.07. The molecule has 0 fully saturated rings. The van der Waals surface area contributed by atoms with Gasteiger partial charge in [-0.05, 0) is 35.4 Å². The van der Waals surface area contributed by atoms with Crippen LogP contribution in [0.15, 0.2) is 36.5 Å². The first kappa shape index (κ1) is 9.48. The Hall–Kier alpha value is -1.74. The van der Waals surface area contributed by atoms with E-state index < -0.39 is 6.10 Å². The average molecular weight is 215 g/mol. The summed E-state index contributed by atoms with van der Waals surface area (Å²) in [4.78, 5) is 3.02. The summed E-state index contributed by atoms with van der Waals surface area (Å²) in [7, 11) is 0. The van der Waals surface area contributed by atoms with Gasteiger partial charge in [-0.1, -0.05) is 6.07 Å². The van der Waals surface area contributed by atoms with Crippen LogP contribution in [-0.4, -0.2) is 16.7 Å². The fraction of sp³-hybridized carbons (Fsp3) is 0.231. The third-order valence-electron chi connectivity index (χ3n) is 2.95. The van der Waals surface area contributed by atoms with E-state index in [1.54, 1.807) is 0 Å².